The number of carbonyl (C=O) groups excluding carboxylic acids is 1. The van der Waals surface area contributed by atoms with Gasteiger partial charge < -0.3 is 5.32 Å². The number of piperidine rings is 1. The van der Waals surface area contributed by atoms with Crippen LogP contribution >= 0.6 is 0 Å². The topological polar surface area (TPSA) is 53.8 Å². The highest BCUT2D eigenvalue weighted by atomic mass is 16.1. The van der Waals surface area contributed by atoms with Gasteiger partial charge in [-0.05, 0) is 19.9 Å². The Hall–Kier alpha value is -1.03. The van der Waals surface area contributed by atoms with E-state index in [4.69, 9.17) is 0 Å². The van der Waals surface area contributed by atoms with Crippen LogP contribution in [-0.4, -0.2) is 30.5 Å². The van der Waals surface area contributed by atoms with Gasteiger partial charge in [0.2, 0.25) is 0 Å². The van der Waals surface area contributed by atoms with Crippen LogP contribution in [0.3, 0.4) is 0 Å². The molecule has 1 atom stereocenters. The lowest BCUT2D eigenvalue weighted by atomic mass is 9.94. The predicted molar refractivity (Wildman–Crippen MR) is 46.5 cm³/mol. The van der Waals surface area contributed by atoms with Crippen LogP contribution in [0.15, 0.2) is 9.98 Å². The zero-order valence-electron chi connectivity index (χ0n) is 7.00. The minimum absolute atomic E-state index is 0.0148. The maximum Gasteiger partial charge on any atom is 0.256 e. The molecular formula is C8H11N3O. The van der Waals surface area contributed by atoms with Gasteiger partial charge in [-0.25, -0.2) is 4.99 Å². The lowest BCUT2D eigenvalue weighted by molar-refractivity contribution is -0.120. The average molecular weight is 165 g/mol. The normalized spacial score (nSPS) is 29.1. The quantitative estimate of drug-likeness (QED) is 0.549. The Morgan fingerprint density at radius 3 is 3.17 bits per heavy atom. The zero-order valence-corrected chi connectivity index (χ0v) is 7.00. The molecule has 1 fully saturated rings. The van der Waals surface area contributed by atoms with Crippen molar-refractivity contribution in [3.63, 3.8) is 0 Å². The fourth-order valence-electron chi connectivity index (χ4n) is 1.61. The first-order valence-electron chi connectivity index (χ1n) is 4.14. The number of nitrogens with one attached hydrogen (secondary N) is 1. The molecule has 2 aliphatic rings. The highest BCUT2D eigenvalue weighted by molar-refractivity contribution is 6.16. The smallest absolute Gasteiger partial charge is 0.256 e. The van der Waals surface area contributed by atoms with E-state index in [1.54, 1.807) is 6.92 Å². The molecule has 1 amide bonds. The van der Waals surface area contributed by atoms with E-state index >= 15 is 0 Å². The molecular weight excluding hydrogens is 154 g/mol. The van der Waals surface area contributed by atoms with Crippen LogP contribution in [0.25, 0.3) is 0 Å². The van der Waals surface area contributed by atoms with Crippen LogP contribution in [0.5, 0.6) is 0 Å². The molecule has 64 valence electrons. The van der Waals surface area contributed by atoms with Gasteiger partial charge >= 0.3 is 0 Å². The van der Waals surface area contributed by atoms with Crippen molar-refractivity contribution >= 4 is 17.5 Å². The molecule has 2 rings (SSSR count). The van der Waals surface area contributed by atoms with Crippen LogP contribution in [0, 0.1) is 5.92 Å². The number of nitrogens with zero attached hydrogens (tertiary/aromatic N) is 2. The zero-order chi connectivity index (χ0) is 8.55. The monoisotopic (exact) mass is 165 g/mol. The second-order valence-electron chi connectivity index (χ2n) is 3.12. The molecule has 1 N–H and O–H groups in total. The number of hydrogen-bond acceptors (Lipinski definition) is 3. The Labute approximate surface area is 70.8 Å². The van der Waals surface area contributed by atoms with Crippen molar-refractivity contribution in [1.82, 2.24) is 5.32 Å². The molecule has 4 nitrogen and oxygen atoms in total. The Bertz CT molecular complexity index is 280. The van der Waals surface area contributed by atoms with Gasteiger partial charge in [0, 0.05) is 12.3 Å². The molecule has 0 saturated carbocycles. The summed E-state index contributed by atoms with van der Waals surface area (Å²) >= 11 is 0. The van der Waals surface area contributed by atoms with Crippen LogP contribution in [-0.2, 0) is 4.79 Å². The first-order valence-corrected chi connectivity index (χ1v) is 4.14. The summed E-state index contributed by atoms with van der Waals surface area (Å²) in [7, 11) is 0. The standard InChI is InChI=1S/C8H11N3O/c1-5-10-7-4-9-3-2-6(7)8(12)11-5/h6,9H,2-4H2,1H3. The Morgan fingerprint density at radius 2 is 2.33 bits per heavy atom. The summed E-state index contributed by atoms with van der Waals surface area (Å²) in [5.74, 6) is 0.545. The largest absolute Gasteiger partial charge is 0.311 e. The molecule has 0 aromatic heterocycles. The van der Waals surface area contributed by atoms with Crippen LogP contribution in [0.4, 0.5) is 0 Å². The Balaban J connectivity index is 2.29. The highest BCUT2D eigenvalue weighted by Crippen LogP contribution is 2.15. The van der Waals surface area contributed by atoms with Gasteiger partial charge in [0.25, 0.3) is 5.91 Å². The third-order valence-electron chi connectivity index (χ3n) is 2.19. The molecule has 1 saturated heterocycles. The number of aliphatic imine (C=N–C) groups is 2. The van der Waals surface area contributed by atoms with Crippen molar-refractivity contribution in [1.29, 1.82) is 0 Å². The summed E-state index contributed by atoms with van der Waals surface area (Å²) in [4.78, 5) is 19.4. The average Bonchev–Trinajstić information content (AvgIpc) is 2.04. The lowest BCUT2D eigenvalue weighted by Gasteiger charge is -2.24. The van der Waals surface area contributed by atoms with Gasteiger partial charge in [-0.3, -0.25) is 4.79 Å². The summed E-state index contributed by atoms with van der Waals surface area (Å²) in [6.07, 6.45) is 0.842. The summed E-state index contributed by atoms with van der Waals surface area (Å²) < 4.78 is 0. The third kappa shape index (κ3) is 1.18. The molecule has 2 aliphatic heterocycles. The van der Waals surface area contributed by atoms with E-state index in [9.17, 15) is 4.79 Å². The van der Waals surface area contributed by atoms with Crippen molar-refractivity contribution in [3.8, 4) is 0 Å². The third-order valence-corrected chi connectivity index (χ3v) is 2.19. The molecule has 0 aliphatic carbocycles. The van der Waals surface area contributed by atoms with E-state index in [1.807, 2.05) is 0 Å². The number of fused-ring (bicyclic) bond motifs is 1. The van der Waals surface area contributed by atoms with E-state index in [0.29, 0.717) is 5.84 Å². The Morgan fingerprint density at radius 1 is 1.50 bits per heavy atom. The van der Waals surface area contributed by atoms with E-state index < -0.39 is 0 Å². The minimum atomic E-state index is -0.0325. The van der Waals surface area contributed by atoms with Crippen LogP contribution < -0.4 is 5.32 Å². The van der Waals surface area contributed by atoms with E-state index in [1.165, 1.54) is 0 Å². The van der Waals surface area contributed by atoms with Crippen LogP contribution in [0.2, 0.25) is 0 Å². The van der Waals surface area contributed by atoms with Crippen molar-refractivity contribution < 1.29 is 4.79 Å². The van der Waals surface area contributed by atoms with Gasteiger partial charge in [0.05, 0.1) is 5.92 Å². The predicted octanol–water partition coefficient (Wildman–Crippen LogP) is -0.00450. The maximum absolute atomic E-state index is 11.3. The van der Waals surface area contributed by atoms with Crippen molar-refractivity contribution in [3.05, 3.63) is 0 Å². The first-order chi connectivity index (χ1) is 5.77. The molecule has 0 aromatic rings. The Kier molecular flexibility index (Phi) is 1.77. The van der Waals surface area contributed by atoms with Gasteiger partial charge in [0.15, 0.2) is 0 Å². The van der Waals surface area contributed by atoms with Crippen molar-refractivity contribution in [2.24, 2.45) is 15.9 Å². The van der Waals surface area contributed by atoms with E-state index in [-0.39, 0.29) is 11.8 Å². The minimum Gasteiger partial charge on any atom is -0.311 e. The van der Waals surface area contributed by atoms with E-state index in [2.05, 4.69) is 15.3 Å². The first kappa shape index (κ1) is 7.61. The van der Waals surface area contributed by atoms with Crippen molar-refractivity contribution in [2.75, 3.05) is 13.1 Å². The fourth-order valence-corrected chi connectivity index (χ4v) is 1.61. The highest BCUT2D eigenvalue weighted by Gasteiger charge is 2.29. The van der Waals surface area contributed by atoms with Gasteiger partial charge in [-0.2, -0.15) is 4.99 Å². The molecule has 0 aromatic carbocycles. The molecule has 0 bridgehead atoms. The van der Waals surface area contributed by atoms with Gasteiger partial charge in [0.1, 0.15) is 5.84 Å². The van der Waals surface area contributed by atoms with Gasteiger partial charge in [-0.1, -0.05) is 0 Å². The lowest BCUT2D eigenvalue weighted by Crippen LogP contribution is -2.42. The van der Waals surface area contributed by atoms with E-state index in [0.717, 1.165) is 25.2 Å². The SMILES string of the molecule is CC1=NC(=O)C2CCNCC2=N1. The summed E-state index contributed by atoms with van der Waals surface area (Å²) in [5, 5.41) is 3.19. The molecule has 1 unspecified atom stereocenters. The number of hydrogen-bond donors (Lipinski definition) is 1. The summed E-state index contributed by atoms with van der Waals surface area (Å²) in [6, 6.07) is 0. The second-order valence-corrected chi connectivity index (χ2v) is 3.12. The van der Waals surface area contributed by atoms with Gasteiger partial charge in [-0.15, -0.1) is 0 Å². The number of amidine groups is 1. The molecule has 12 heavy (non-hydrogen) atoms. The molecule has 4 heteroatoms. The van der Waals surface area contributed by atoms with Crippen molar-refractivity contribution in [2.45, 2.75) is 13.3 Å². The number of rotatable bonds is 0. The summed E-state index contributed by atoms with van der Waals surface area (Å²) in [5.41, 5.74) is 0.957. The second kappa shape index (κ2) is 2.79. The molecule has 0 radical (unpaired) electrons. The fraction of sp³-hybridized carbons (Fsp3) is 0.625. The van der Waals surface area contributed by atoms with Crippen LogP contribution in [0.1, 0.15) is 13.3 Å². The summed E-state index contributed by atoms with van der Waals surface area (Å²) in [6.45, 7) is 3.39. The molecule has 2 heterocycles. The number of amides is 1. The maximum atomic E-state index is 11.3. The molecule has 0 spiro atoms. The number of carbonyl (C=O) groups is 1.